The molecule has 0 radical (unpaired) electrons. The molecular formula is C26H17BrClFN4O2. The number of halogens is 3. The van der Waals surface area contributed by atoms with E-state index in [0.717, 1.165) is 0 Å². The standard InChI is InChI=1S/C26H17BrClFN4O2/c27-18-9-21-23(22(29)10-18)26(17-2-4-19(28)5-3-17,35-15-25(14-31)7-8-25)33(24(21)34)13-20-6-1-16(11-30)12-32-20/h1-6,9-10,12H,7-8,13,15H2. The molecule has 2 aromatic carbocycles. The van der Waals surface area contributed by atoms with Crippen LogP contribution in [-0.4, -0.2) is 22.4 Å². The number of benzene rings is 2. The van der Waals surface area contributed by atoms with Crippen LogP contribution in [0, 0.1) is 33.9 Å². The van der Waals surface area contributed by atoms with Gasteiger partial charge in [-0.1, -0.05) is 39.7 Å². The lowest BCUT2D eigenvalue weighted by molar-refractivity contribution is -0.122. The van der Waals surface area contributed by atoms with Crippen molar-refractivity contribution in [1.29, 1.82) is 10.5 Å². The summed E-state index contributed by atoms with van der Waals surface area (Å²) in [7, 11) is 0. The van der Waals surface area contributed by atoms with Gasteiger partial charge in [0.05, 0.1) is 47.0 Å². The quantitative estimate of drug-likeness (QED) is 0.393. The summed E-state index contributed by atoms with van der Waals surface area (Å²) in [6, 6.07) is 17.1. The number of hydrogen-bond donors (Lipinski definition) is 0. The number of carbonyl (C=O) groups is 1. The van der Waals surface area contributed by atoms with E-state index in [9.17, 15) is 10.1 Å². The summed E-state index contributed by atoms with van der Waals surface area (Å²) < 4.78 is 22.6. The number of nitrogens with zero attached hydrogens (tertiary/aromatic N) is 4. The Bertz CT molecular complexity index is 1410. The van der Waals surface area contributed by atoms with Crippen LogP contribution < -0.4 is 0 Å². The van der Waals surface area contributed by atoms with Crippen molar-refractivity contribution >= 4 is 33.4 Å². The largest absolute Gasteiger partial charge is 0.345 e. The van der Waals surface area contributed by atoms with Gasteiger partial charge in [-0.15, -0.1) is 0 Å². The van der Waals surface area contributed by atoms with Crippen molar-refractivity contribution in [3.05, 3.63) is 98.0 Å². The second-order valence-corrected chi connectivity index (χ2v) is 10.0. The number of aromatic nitrogens is 1. The van der Waals surface area contributed by atoms with E-state index in [4.69, 9.17) is 21.6 Å². The van der Waals surface area contributed by atoms with Crippen LogP contribution in [0.25, 0.3) is 0 Å². The molecule has 1 amide bonds. The van der Waals surface area contributed by atoms with E-state index >= 15 is 4.39 Å². The molecule has 1 aromatic heterocycles. The van der Waals surface area contributed by atoms with Crippen molar-refractivity contribution < 1.29 is 13.9 Å². The maximum atomic E-state index is 15.7. The Balaban J connectivity index is 1.71. The van der Waals surface area contributed by atoms with Crippen molar-refractivity contribution in [3.63, 3.8) is 0 Å². The van der Waals surface area contributed by atoms with Crippen LogP contribution in [0.5, 0.6) is 0 Å². The van der Waals surface area contributed by atoms with Crippen molar-refractivity contribution in [3.8, 4) is 12.1 Å². The summed E-state index contributed by atoms with van der Waals surface area (Å²) in [4.78, 5) is 19.5. The molecule has 0 saturated heterocycles. The Kier molecular flexibility index (Phi) is 5.85. The number of hydrogen-bond acceptors (Lipinski definition) is 5. The predicted octanol–water partition coefficient (Wildman–Crippen LogP) is 5.69. The van der Waals surface area contributed by atoms with Gasteiger partial charge in [-0.3, -0.25) is 14.7 Å². The minimum Gasteiger partial charge on any atom is -0.345 e. The second-order valence-electron chi connectivity index (χ2n) is 8.68. The number of ether oxygens (including phenoxy) is 1. The first-order chi connectivity index (χ1) is 16.8. The first-order valence-electron chi connectivity index (χ1n) is 10.8. The first-order valence-corrected chi connectivity index (χ1v) is 12.0. The van der Waals surface area contributed by atoms with Crippen LogP contribution in [0.4, 0.5) is 4.39 Å². The Morgan fingerprint density at radius 2 is 1.91 bits per heavy atom. The molecule has 2 aliphatic rings. The highest BCUT2D eigenvalue weighted by Gasteiger charge is 2.56. The van der Waals surface area contributed by atoms with Crippen molar-refractivity contribution in [2.24, 2.45) is 5.41 Å². The number of fused-ring (bicyclic) bond motifs is 1. The molecule has 2 heterocycles. The number of pyridine rings is 1. The SMILES string of the molecule is N#Cc1ccc(CN2C(=O)c3cc(Br)cc(F)c3C2(OCC2(C#N)CC2)c2ccc(Cl)cc2)nc1. The van der Waals surface area contributed by atoms with Gasteiger partial charge in [-0.25, -0.2) is 4.39 Å². The highest BCUT2D eigenvalue weighted by molar-refractivity contribution is 9.10. The van der Waals surface area contributed by atoms with E-state index in [1.165, 1.54) is 17.2 Å². The molecule has 174 valence electrons. The van der Waals surface area contributed by atoms with Crippen LogP contribution >= 0.6 is 27.5 Å². The molecule has 1 fully saturated rings. The molecule has 3 aromatic rings. The molecule has 1 aliphatic heterocycles. The average molecular weight is 552 g/mol. The van der Waals surface area contributed by atoms with Crippen molar-refractivity contribution in [2.45, 2.75) is 25.1 Å². The van der Waals surface area contributed by atoms with E-state index < -0.39 is 22.9 Å². The summed E-state index contributed by atoms with van der Waals surface area (Å²) in [5, 5.41) is 19.2. The van der Waals surface area contributed by atoms with Gasteiger partial charge in [-0.05, 0) is 49.2 Å². The third-order valence-corrected chi connectivity index (χ3v) is 7.12. The Hall–Kier alpha value is -3.30. The lowest BCUT2D eigenvalue weighted by Gasteiger charge is -2.40. The smallest absolute Gasteiger partial charge is 0.257 e. The molecule has 35 heavy (non-hydrogen) atoms. The molecule has 6 nitrogen and oxygen atoms in total. The molecule has 5 rings (SSSR count). The van der Waals surface area contributed by atoms with Crippen LogP contribution in [0.2, 0.25) is 5.02 Å². The van der Waals surface area contributed by atoms with Gasteiger partial charge < -0.3 is 4.74 Å². The zero-order valence-electron chi connectivity index (χ0n) is 18.3. The Morgan fingerprint density at radius 1 is 1.17 bits per heavy atom. The van der Waals surface area contributed by atoms with E-state index in [-0.39, 0.29) is 24.3 Å². The maximum absolute atomic E-state index is 15.7. The molecule has 1 saturated carbocycles. The van der Waals surface area contributed by atoms with Gasteiger partial charge >= 0.3 is 0 Å². The van der Waals surface area contributed by atoms with E-state index in [2.05, 4.69) is 27.0 Å². The Morgan fingerprint density at radius 3 is 2.51 bits per heavy atom. The highest BCUT2D eigenvalue weighted by atomic mass is 79.9. The first kappa shape index (κ1) is 23.4. The van der Waals surface area contributed by atoms with Gasteiger partial charge in [0.1, 0.15) is 11.9 Å². The number of nitriles is 2. The molecule has 0 N–H and O–H groups in total. The number of amides is 1. The molecule has 0 spiro atoms. The van der Waals surface area contributed by atoms with E-state index in [1.807, 2.05) is 6.07 Å². The maximum Gasteiger partial charge on any atom is 0.257 e. The van der Waals surface area contributed by atoms with Gasteiger partial charge in [0, 0.05) is 21.3 Å². The number of carbonyl (C=O) groups excluding carboxylic acids is 1. The van der Waals surface area contributed by atoms with Crippen molar-refractivity contribution in [1.82, 2.24) is 9.88 Å². The third kappa shape index (κ3) is 3.98. The van der Waals surface area contributed by atoms with Crippen LogP contribution in [0.3, 0.4) is 0 Å². The van der Waals surface area contributed by atoms with E-state index in [0.29, 0.717) is 39.2 Å². The minimum absolute atomic E-state index is 0.0154. The van der Waals surface area contributed by atoms with Crippen LogP contribution in [0.1, 0.15) is 45.6 Å². The fourth-order valence-electron chi connectivity index (χ4n) is 4.33. The average Bonchev–Trinajstić information content (AvgIpc) is 3.60. The van der Waals surface area contributed by atoms with Gasteiger partial charge in [0.2, 0.25) is 0 Å². The summed E-state index contributed by atoms with van der Waals surface area (Å²) in [5.74, 6) is -1.06. The normalized spacial score (nSPS) is 19.7. The monoisotopic (exact) mass is 550 g/mol. The predicted molar refractivity (Wildman–Crippen MR) is 128 cm³/mol. The molecule has 9 heteroatoms. The molecule has 1 unspecified atom stereocenters. The molecule has 1 aliphatic carbocycles. The fraction of sp³-hybridized carbons (Fsp3) is 0.231. The Labute approximate surface area is 214 Å². The van der Waals surface area contributed by atoms with Crippen LogP contribution in [-0.2, 0) is 17.0 Å². The third-order valence-electron chi connectivity index (χ3n) is 6.41. The summed E-state index contributed by atoms with van der Waals surface area (Å²) in [5.41, 5.74) is -0.716. The molecule has 1 atom stereocenters. The van der Waals surface area contributed by atoms with Gasteiger partial charge in [0.15, 0.2) is 5.72 Å². The summed E-state index contributed by atoms with van der Waals surface area (Å²) >= 11 is 9.43. The van der Waals surface area contributed by atoms with Crippen LogP contribution in [0.15, 0.2) is 59.2 Å². The lowest BCUT2D eigenvalue weighted by Crippen LogP contribution is -2.47. The topological polar surface area (TPSA) is 90.0 Å². The fourth-order valence-corrected chi connectivity index (χ4v) is 4.89. The number of rotatable bonds is 6. The second kappa shape index (κ2) is 8.73. The van der Waals surface area contributed by atoms with Crippen molar-refractivity contribution in [2.75, 3.05) is 6.61 Å². The van der Waals surface area contributed by atoms with Gasteiger partial charge in [-0.2, -0.15) is 10.5 Å². The molecular weight excluding hydrogens is 535 g/mol. The van der Waals surface area contributed by atoms with E-state index in [1.54, 1.807) is 42.5 Å². The van der Waals surface area contributed by atoms with Gasteiger partial charge in [0.25, 0.3) is 5.91 Å². The zero-order valence-corrected chi connectivity index (χ0v) is 20.6. The summed E-state index contributed by atoms with van der Waals surface area (Å²) in [6.45, 7) is 0.00408. The minimum atomic E-state index is -1.65. The molecule has 0 bridgehead atoms. The highest BCUT2D eigenvalue weighted by Crippen LogP contribution is 2.52. The zero-order chi connectivity index (χ0) is 24.8. The lowest BCUT2D eigenvalue weighted by atomic mass is 9.92. The summed E-state index contributed by atoms with van der Waals surface area (Å²) in [6.07, 6.45) is 2.75.